The topological polar surface area (TPSA) is 86.0 Å². The summed E-state index contributed by atoms with van der Waals surface area (Å²) in [6.07, 6.45) is 6.16. The van der Waals surface area contributed by atoms with E-state index in [1.54, 1.807) is 0 Å². The fraction of sp³-hybridized carbons (Fsp3) is 0.400. The van der Waals surface area contributed by atoms with Gasteiger partial charge < -0.3 is 19.0 Å². The third-order valence-electron chi connectivity index (χ3n) is 4.91. The Labute approximate surface area is 151 Å². The normalized spacial score (nSPS) is 14.8. The molecule has 1 fully saturated rings. The number of esters is 1. The first-order valence-electron chi connectivity index (χ1n) is 8.69. The molecule has 0 atom stereocenters. The van der Waals surface area contributed by atoms with Gasteiger partial charge in [0, 0.05) is 0 Å². The Bertz CT molecular complexity index is 796. The smallest absolute Gasteiger partial charge is 0.375 e. The van der Waals surface area contributed by atoms with Crippen LogP contribution < -0.4 is 4.74 Å². The standard InChI is InChI=1S/C20H22O6/c1-24-16-15(17(20(23)25-2)26-18(16)19(21)22)14-10-8-13(9-11-14)12-6-4-3-5-7-12/h8-12H,3-7H2,1-2H3,(H,21,22). The van der Waals surface area contributed by atoms with Crippen LogP contribution in [0.2, 0.25) is 0 Å². The van der Waals surface area contributed by atoms with Crippen molar-refractivity contribution in [2.75, 3.05) is 14.2 Å². The second-order valence-corrected chi connectivity index (χ2v) is 6.42. The molecule has 0 radical (unpaired) electrons. The molecule has 26 heavy (non-hydrogen) atoms. The summed E-state index contributed by atoms with van der Waals surface area (Å²) < 4.78 is 15.2. The highest BCUT2D eigenvalue weighted by molar-refractivity contribution is 6.01. The third-order valence-corrected chi connectivity index (χ3v) is 4.91. The van der Waals surface area contributed by atoms with Crippen LogP contribution >= 0.6 is 0 Å². The molecule has 1 saturated carbocycles. The van der Waals surface area contributed by atoms with Gasteiger partial charge >= 0.3 is 11.9 Å². The lowest BCUT2D eigenvalue weighted by molar-refractivity contribution is 0.0556. The van der Waals surface area contributed by atoms with Crippen LogP contribution in [0.5, 0.6) is 5.75 Å². The number of rotatable bonds is 5. The van der Waals surface area contributed by atoms with E-state index in [1.165, 1.54) is 51.9 Å². The van der Waals surface area contributed by atoms with E-state index in [4.69, 9.17) is 13.9 Å². The molecular weight excluding hydrogens is 336 g/mol. The number of aromatic carboxylic acids is 1. The van der Waals surface area contributed by atoms with Gasteiger partial charge in [-0.25, -0.2) is 9.59 Å². The van der Waals surface area contributed by atoms with Gasteiger partial charge in [0.15, 0.2) is 5.75 Å². The van der Waals surface area contributed by atoms with Crippen LogP contribution in [0.15, 0.2) is 28.7 Å². The molecule has 1 heterocycles. The summed E-state index contributed by atoms with van der Waals surface area (Å²) >= 11 is 0. The van der Waals surface area contributed by atoms with Crippen LogP contribution in [0.25, 0.3) is 11.1 Å². The van der Waals surface area contributed by atoms with Crippen molar-refractivity contribution >= 4 is 11.9 Å². The Hall–Kier alpha value is -2.76. The largest absolute Gasteiger partial charge is 0.492 e. The monoisotopic (exact) mass is 358 g/mol. The van der Waals surface area contributed by atoms with Gasteiger partial charge in [-0.3, -0.25) is 0 Å². The first-order chi connectivity index (χ1) is 12.6. The van der Waals surface area contributed by atoms with Gasteiger partial charge in [0.2, 0.25) is 5.76 Å². The van der Waals surface area contributed by atoms with Gasteiger partial charge in [0.25, 0.3) is 5.76 Å². The average Bonchev–Trinajstić information content (AvgIpc) is 3.08. The highest BCUT2D eigenvalue weighted by Gasteiger charge is 2.31. The summed E-state index contributed by atoms with van der Waals surface area (Å²) in [7, 11) is 2.56. The van der Waals surface area contributed by atoms with Crippen molar-refractivity contribution in [1.82, 2.24) is 0 Å². The van der Waals surface area contributed by atoms with Gasteiger partial charge in [0.05, 0.1) is 19.8 Å². The molecule has 6 heteroatoms. The molecule has 0 amide bonds. The summed E-state index contributed by atoms with van der Waals surface area (Å²) in [4.78, 5) is 23.5. The maximum Gasteiger partial charge on any atom is 0.375 e. The Kier molecular flexibility index (Phi) is 5.30. The van der Waals surface area contributed by atoms with E-state index in [1.807, 2.05) is 24.3 Å². The minimum Gasteiger partial charge on any atom is -0.492 e. The summed E-state index contributed by atoms with van der Waals surface area (Å²) in [5, 5.41) is 9.32. The van der Waals surface area contributed by atoms with Gasteiger partial charge in [-0.2, -0.15) is 0 Å². The van der Waals surface area contributed by atoms with E-state index in [2.05, 4.69) is 0 Å². The van der Waals surface area contributed by atoms with Crippen molar-refractivity contribution in [2.45, 2.75) is 38.0 Å². The zero-order valence-corrected chi connectivity index (χ0v) is 14.9. The Morgan fingerprint density at radius 1 is 1.04 bits per heavy atom. The summed E-state index contributed by atoms with van der Waals surface area (Å²) in [5.41, 5.74) is 2.21. The molecule has 0 spiro atoms. The van der Waals surface area contributed by atoms with E-state index >= 15 is 0 Å². The van der Waals surface area contributed by atoms with Gasteiger partial charge in [-0.1, -0.05) is 43.5 Å². The minimum atomic E-state index is -1.31. The lowest BCUT2D eigenvalue weighted by atomic mass is 9.83. The van der Waals surface area contributed by atoms with Gasteiger partial charge in [-0.05, 0) is 29.9 Å². The molecule has 0 bridgehead atoms. The number of carbonyl (C=O) groups excluding carboxylic acids is 1. The van der Waals surface area contributed by atoms with Crippen molar-refractivity contribution in [3.05, 3.63) is 41.3 Å². The number of carbonyl (C=O) groups is 2. The van der Waals surface area contributed by atoms with E-state index in [0.29, 0.717) is 17.0 Å². The quantitative estimate of drug-likeness (QED) is 0.793. The summed E-state index contributed by atoms with van der Waals surface area (Å²) in [6.45, 7) is 0. The Balaban J connectivity index is 2.04. The lowest BCUT2D eigenvalue weighted by Crippen LogP contribution is -2.04. The molecule has 3 rings (SSSR count). The summed E-state index contributed by atoms with van der Waals surface area (Å²) in [6, 6.07) is 7.79. The number of methoxy groups -OCH3 is 2. The molecule has 1 aromatic carbocycles. The average molecular weight is 358 g/mol. The zero-order chi connectivity index (χ0) is 18.7. The van der Waals surface area contributed by atoms with Crippen molar-refractivity contribution < 1.29 is 28.6 Å². The predicted molar refractivity (Wildman–Crippen MR) is 94.8 cm³/mol. The Morgan fingerprint density at radius 2 is 1.69 bits per heavy atom. The van der Waals surface area contributed by atoms with Crippen LogP contribution in [0.4, 0.5) is 0 Å². The molecule has 2 aromatic rings. The van der Waals surface area contributed by atoms with Crippen molar-refractivity contribution in [3.8, 4) is 16.9 Å². The first-order valence-corrected chi connectivity index (χ1v) is 8.69. The van der Waals surface area contributed by atoms with E-state index in [0.717, 1.165) is 0 Å². The number of carboxylic acid groups (broad SMARTS) is 1. The van der Waals surface area contributed by atoms with Crippen LogP contribution in [-0.2, 0) is 4.74 Å². The van der Waals surface area contributed by atoms with Crippen molar-refractivity contribution in [3.63, 3.8) is 0 Å². The second kappa shape index (κ2) is 7.64. The van der Waals surface area contributed by atoms with Crippen LogP contribution in [0.1, 0.15) is 64.7 Å². The number of carboxylic acids is 1. The van der Waals surface area contributed by atoms with Crippen LogP contribution in [0.3, 0.4) is 0 Å². The second-order valence-electron chi connectivity index (χ2n) is 6.42. The first kappa shape index (κ1) is 18.0. The fourth-order valence-electron chi connectivity index (χ4n) is 3.61. The van der Waals surface area contributed by atoms with Crippen molar-refractivity contribution in [2.24, 2.45) is 0 Å². The lowest BCUT2D eigenvalue weighted by Gasteiger charge is -2.22. The molecule has 1 N–H and O–H groups in total. The molecule has 0 unspecified atom stereocenters. The SMILES string of the molecule is COC(=O)c1oc(C(=O)O)c(OC)c1-c1ccc(C2CCCCC2)cc1. The maximum absolute atomic E-state index is 12.1. The minimum absolute atomic E-state index is 0.0170. The highest BCUT2D eigenvalue weighted by atomic mass is 16.5. The molecule has 0 saturated heterocycles. The molecule has 1 aromatic heterocycles. The molecule has 0 aliphatic heterocycles. The molecule has 1 aliphatic rings. The predicted octanol–water partition coefficient (Wildman–Crippen LogP) is 4.49. The number of benzene rings is 1. The fourth-order valence-corrected chi connectivity index (χ4v) is 3.61. The van der Waals surface area contributed by atoms with Gasteiger partial charge in [0.1, 0.15) is 0 Å². The van der Waals surface area contributed by atoms with E-state index in [9.17, 15) is 14.7 Å². The molecular formula is C20H22O6. The number of furan rings is 1. The number of hydrogen-bond donors (Lipinski definition) is 1. The maximum atomic E-state index is 12.1. The molecule has 1 aliphatic carbocycles. The van der Waals surface area contributed by atoms with E-state index in [-0.39, 0.29) is 11.5 Å². The van der Waals surface area contributed by atoms with Crippen molar-refractivity contribution in [1.29, 1.82) is 0 Å². The summed E-state index contributed by atoms with van der Waals surface area (Å²) in [5.74, 6) is -2.08. The van der Waals surface area contributed by atoms with Crippen LogP contribution in [0, 0.1) is 0 Å². The highest BCUT2D eigenvalue weighted by Crippen LogP contribution is 2.40. The van der Waals surface area contributed by atoms with Crippen LogP contribution in [-0.4, -0.2) is 31.3 Å². The Morgan fingerprint density at radius 3 is 2.23 bits per heavy atom. The molecule has 6 nitrogen and oxygen atoms in total. The zero-order valence-electron chi connectivity index (χ0n) is 14.9. The van der Waals surface area contributed by atoms with Gasteiger partial charge in [-0.15, -0.1) is 0 Å². The number of hydrogen-bond acceptors (Lipinski definition) is 5. The molecule has 138 valence electrons. The number of ether oxygens (including phenoxy) is 2. The van der Waals surface area contributed by atoms with E-state index < -0.39 is 17.7 Å². The third kappa shape index (κ3) is 3.31.